The zero-order valence-electron chi connectivity index (χ0n) is 21.7. The lowest BCUT2D eigenvalue weighted by Gasteiger charge is -2.16. The summed E-state index contributed by atoms with van der Waals surface area (Å²) in [5.41, 5.74) is 1.21. The van der Waals surface area contributed by atoms with Crippen LogP contribution in [-0.4, -0.2) is 35.5 Å². The standard InChI is InChI=1S/C28H24Br3FN4O4/c1-4-15(2)27-35-21-9-8-17(29)11-20(21)28(38)36(27)33-13-16-10-22(39-3)26(25(31)24(16)30)40-14-23(37)34-19-7-5-6-18(32)12-19/h5-13,15H,4,14H2,1-3H3,(H,34,37)/t15-/m0/s1. The summed E-state index contributed by atoms with van der Waals surface area (Å²) in [4.78, 5) is 30.6. The number of benzene rings is 3. The van der Waals surface area contributed by atoms with Crippen LogP contribution in [0.2, 0.25) is 0 Å². The van der Waals surface area contributed by atoms with Gasteiger partial charge < -0.3 is 14.8 Å². The van der Waals surface area contributed by atoms with Gasteiger partial charge in [-0.15, -0.1) is 0 Å². The van der Waals surface area contributed by atoms with Crippen molar-refractivity contribution in [3.05, 3.63) is 89.5 Å². The van der Waals surface area contributed by atoms with Crippen LogP contribution >= 0.6 is 47.8 Å². The molecule has 208 valence electrons. The fraction of sp³-hybridized carbons (Fsp3) is 0.214. The van der Waals surface area contributed by atoms with Gasteiger partial charge in [-0.3, -0.25) is 9.59 Å². The van der Waals surface area contributed by atoms with E-state index in [1.807, 2.05) is 19.9 Å². The molecule has 40 heavy (non-hydrogen) atoms. The molecular weight excluding hydrogens is 715 g/mol. The molecule has 1 heterocycles. The number of methoxy groups -OCH3 is 1. The van der Waals surface area contributed by atoms with Crippen LogP contribution in [0, 0.1) is 5.82 Å². The summed E-state index contributed by atoms with van der Waals surface area (Å²) in [5, 5.41) is 7.54. The number of nitrogens with zero attached hydrogens (tertiary/aromatic N) is 3. The number of hydrogen-bond donors (Lipinski definition) is 1. The number of halogens is 4. The lowest BCUT2D eigenvalue weighted by atomic mass is 10.1. The van der Waals surface area contributed by atoms with E-state index in [1.54, 1.807) is 24.3 Å². The Morgan fingerprint density at radius 3 is 2.65 bits per heavy atom. The summed E-state index contributed by atoms with van der Waals surface area (Å²) < 4.78 is 27.8. The van der Waals surface area contributed by atoms with E-state index in [9.17, 15) is 14.0 Å². The van der Waals surface area contributed by atoms with Gasteiger partial charge in [0.2, 0.25) is 0 Å². The van der Waals surface area contributed by atoms with Crippen molar-refractivity contribution >= 4 is 76.5 Å². The number of anilines is 1. The lowest BCUT2D eigenvalue weighted by molar-refractivity contribution is -0.118. The third-order valence-corrected chi connectivity index (χ3v) is 8.67. The van der Waals surface area contributed by atoms with Crippen LogP contribution in [0.1, 0.15) is 37.6 Å². The average molecular weight is 739 g/mol. The highest BCUT2D eigenvalue weighted by atomic mass is 79.9. The number of rotatable bonds is 9. The second kappa shape index (κ2) is 13.0. The predicted octanol–water partition coefficient (Wildman–Crippen LogP) is 7.24. The first-order valence-electron chi connectivity index (χ1n) is 12.1. The van der Waals surface area contributed by atoms with E-state index in [0.29, 0.717) is 42.7 Å². The zero-order chi connectivity index (χ0) is 29.0. The topological polar surface area (TPSA) is 94.8 Å². The lowest BCUT2D eigenvalue weighted by Crippen LogP contribution is -2.23. The molecule has 8 nitrogen and oxygen atoms in total. The largest absolute Gasteiger partial charge is 0.493 e. The molecule has 0 saturated heterocycles. The number of carbonyl (C=O) groups excluding carboxylic acids is 1. The summed E-state index contributed by atoms with van der Waals surface area (Å²) in [6.45, 7) is 3.66. The zero-order valence-corrected chi connectivity index (χ0v) is 26.4. The van der Waals surface area contributed by atoms with Crippen LogP contribution in [-0.2, 0) is 4.79 Å². The van der Waals surface area contributed by atoms with Crippen molar-refractivity contribution in [2.24, 2.45) is 5.10 Å². The molecule has 0 aliphatic rings. The maximum Gasteiger partial charge on any atom is 0.282 e. The molecule has 0 radical (unpaired) electrons. The van der Waals surface area contributed by atoms with Gasteiger partial charge in [0.05, 0.1) is 28.7 Å². The molecule has 0 unspecified atom stereocenters. The van der Waals surface area contributed by atoms with Crippen molar-refractivity contribution in [1.29, 1.82) is 0 Å². The Hall–Kier alpha value is -3.09. The van der Waals surface area contributed by atoms with E-state index in [1.165, 1.54) is 36.2 Å². The molecule has 0 fully saturated rings. The van der Waals surface area contributed by atoms with E-state index in [0.717, 1.165) is 10.9 Å². The maximum atomic E-state index is 13.4. The first-order valence-corrected chi connectivity index (χ1v) is 14.5. The molecular formula is C28H24Br3FN4O4. The Kier molecular flexibility index (Phi) is 9.75. The Labute approximate surface area is 255 Å². The SMILES string of the molecule is CC[C@H](C)c1nc2ccc(Br)cc2c(=O)n1N=Cc1cc(OC)c(OCC(=O)Nc2cccc(F)c2)c(Br)c1Br. The highest BCUT2D eigenvalue weighted by molar-refractivity contribution is 9.13. The third kappa shape index (κ3) is 6.61. The second-order valence-corrected chi connectivity index (χ2v) is 11.3. The summed E-state index contributed by atoms with van der Waals surface area (Å²) in [6.07, 6.45) is 2.29. The molecule has 12 heteroatoms. The normalized spacial score (nSPS) is 12.1. The van der Waals surface area contributed by atoms with Gasteiger partial charge >= 0.3 is 0 Å². The van der Waals surface area contributed by atoms with Gasteiger partial charge in [-0.1, -0.05) is 35.8 Å². The number of aromatic nitrogens is 2. The third-order valence-electron chi connectivity index (χ3n) is 6.03. The summed E-state index contributed by atoms with van der Waals surface area (Å²) in [5.74, 6) is 0.187. The van der Waals surface area contributed by atoms with Gasteiger partial charge in [-0.2, -0.15) is 9.78 Å². The van der Waals surface area contributed by atoms with Gasteiger partial charge in [0.1, 0.15) is 11.6 Å². The molecule has 0 aliphatic carbocycles. The van der Waals surface area contributed by atoms with Crippen LogP contribution in [0.4, 0.5) is 10.1 Å². The van der Waals surface area contributed by atoms with Gasteiger partial charge in [-0.05, 0) is 80.7 Å². The minimum absolute atomic E-state index is 0.0167. The molecule has 0 aliphatic heterocycles. The molecule has 0 saturated carbocycles. The van der Waals surface area contributed by atoms with Crippen LogP contribution < -0.4 is 20.3 Å². The minimum Gasteiger partial charge on any atom is -0.493 e. The number of nitrogens with one attached hydrogen (secondary N) is 1. The molecule has 3 aromatic carbocycles. The van der Waals surface area contributed by atoms with E-state index in [-0.39, 0.29) is 23.8 Å². The van der Waals surface area contributed by atoms with Crippen LogP contribution in [0.3, 0.4) is 0 Å². The first-order chi connectivity index (χ1) is 19.1. The average Bonchev–Trinajstić information content (AvgIpc) is 2.93. The van der Waals surface area contributed by atoms with Gasteiger partial charge in [0.25, 0.3) is 11.5 Å². The van der Waals surface area contributed by atoms with Crippen molar-refractivity contribution < 1.29 is 18.7 Å². The number of hydrogen-bond acceptors (Lipinski definition) is 6. The van der Waals surface area contributed by atoms with Crippen molar-refractivity contribution in [1.82, 2.24) is 9.66 Å². The highest BCUT2D eigenvalue weighted by Gasteiger charge is 2.19. The van der Waals surface area contributed by atoms with Crippen LogP contribution in [0.5, 0.6) is 11.5 Å². The van der Waals surface area contributed by atoms with Gasteiger partial charge in [-0.25, -0.2) is 9.37 Å². The van der Waals surface area contributed by atoms with Crippen molar-refractivity contribution in [2.75, 3.05) is 19.0 Å². The molecule has 4 aromatic rings. The Balaban J connectivity index is 1.65. The van der Waals surface area contributed by atoms with Crippen molar-refractivity contribution in [2.45, 2.75) is 26.2 Å². The van der Waals surface area contributed by atoms with E-state index in [4.69, 9.17) is 14.5 Å². The van der Waals surface area contributed by atoms with Crippen LogP contribution in [0.25, 0.3) is 10.9 Å². The second-order valence-electron chi connectivity index (χ2n) is 8.77. The summed E-state index contributed by atoms with van der Waals surface area (Å²) in [7, 11) is 1.47. The fourth-order valence-electron chi connectivity index (χ4n) is 3.78. The predicted molar refractivity (Wildman–Crippen MR) is 164 cm³/mol. The van der Waals surface area contributed by atoms with E-state index < -0.39 is 11.7 Å². The Morgan fingerprint density at radius 2 is 1.95 bits per heavy atom. The Bertz CT molecular complexity index is 1680. The number of ether oxygens (including phenoxy) is 2. The quantitative estimate of drug-likeness (QED) is 0.183. The highest BCUT2D eigenvalue weighted by Crippen LogP contribution is 2.42. The fourth-order valence-corrected chi connectivity index (χ4v) is 5.08. The van der Waals surface area contributed by atoms with Gasteiger partial charge in [0, 0.05) is 26.1 Å². The number of fused-ring (bicyclic) bond motifs is 1. The molecule has 1 atom stereocenters. The summed E-state index contributed by atoms with van der Waals surface area (Å²) >= 11 is 10.5. The number of amides is 1. The maximum absolute atomic E-state index is 13.4. The van der Waals surface area contributed by atoms with Crippen molar-refractivity contribution in [3.8, 4) is 11.5 Å². The molecule has 1 amide bonds. The molecule has 4 rings (SSSR count). The van der Waals surface area contributed by atoms with Crippen LogP contribution in [0.15, 0.2) is 71.8 Å². The van der Waals surface area contributed by atoms with Crippen molar-refractivity contribution in [3.63, 3.8) is 0 Å². The molecule has 0 spiro atoms. The molecule has 1 N–H and O–H groups in total. The summed E-state index contributed by atoms with van der Waals surface area (Å²) in [6, 6.07) is 12.6. The first kappa shape index (κ1) is 29.9. The molecule has 0 bridgehead atoms. The van der Waals surface area contributed by atoms with Gasteiger partial charge in [0.15, 0.2) is 18.1 Å². The Morgan fingerprint density at radius 1 is 1.18 bits per heavy atom. The van der Waals surface area contributed by atoms with E-state index in [2.05, 4.69) is 58.2 Å². The number of carbonyl (C=O) groups is 1. The minimum atomic E-state index is -0.478. The monoisotopic (exact) mass is 736 g/mol. The van der Waals surface area contributed by atoms with E-state index >= 15 is 0 Å². The smallest absolute Gasteiger partial charge is 0.282 e. The molecule has 1 aromatic heterocycles.